The summed E-state index contributed by atoms with van der Waals surface area (Å²) in [6.45, 7) is -0.0373. The van der Waals surface area contributed by atoms with Crippen LogP contribution in [-0.4, -0.2) is 33.7 Å². The quantitative estimate of drug-likeness (QED) is 0.620. The molecule has 0 atom stereocenters. The van der Waals surface area contributed by atoms with Crippen molar-refractivity contribution in [2.45, 2.75) is 6.54 Å². The third-order valence-electron chi connectivity index (χ3n) is 4.60. The number of hydrogen-bond donors (Lipinski definition) is 2. The summed E-state index contributed by atoms with van der Waals surface area (Å²) >= 11 is 0. The standard InChI is InChI=1S/C21H14N2O7/c24-12-4-6-17(16(9-12)21(28)29)22-18(25)11-3-5-14-15(8-11)20(27)23(19(14)26)10-13-2-1-7-30-13/h1-9,24H,10H2,(H,22,25)(H,28,29)/p-1. The SMILES string of the molecule is O=C(Nc1ccc([O-])cc1C(=O)O)c1ccc2c(c1)C(=O)N(Cc1ccco1)C2=O. The van der Waals surface area contributed by atoms with Crippen molar-refractivity contribution in [3.63, 3.8) is 0 Å². The van der Waals surface area contributed by atoms with E-state index in [4.69, 9.17) is 4.42 Å². The Bertz CT molecular complexity index is 1200. The van der Waals surface area contributed by atoms with Crippen molar-refractivity contribution >= 4 is 29.4 Å². The maximum atomic E-state index is 12.7. The van der Waals surface area contributed by atoms with Crippen molar-refractivity contribution in [1.29, 1.82) is 0 Å². The Labute approximate surface area is 169 Å². The van der Waals surface area contributed by atoms with Crippen molar-refractivity contribution in [3.8, 4) is 5.75 Å². The Hall–Kier alpha value is -4.40. The molecule has 1 aliphatic rings. The number of imide groups is 1. The second kappa shape index (κ2) is 7.21. The lowest BCUT2D eigenvalue weighted by Crippen LogP contribution is -2.28. The Morgan fingerprint density at radius 1 is 1.03 bits per heavy atom. The zero-order valence-electron chi connectivity index (χ0n) is 15.2. The normalized spacial score (nSPS) is 12.7. The van der Waals surface area contributed by atoms with Crippen molar-refractivity contribution in [2.24, 2.45) is 0 Å². The molecule has 0 radical (unpaired) electrons. The van der Waals surface area contributed by atoms with Crippen LogP contribution in [0.2, 0.25) is 0 Å². The Morgan fingerprint density at radius 3 is 2.50 bits per heavy atom. The number of carboxylic acids is 1. The fourth-order valence-corrected chi connectivity index (χ4v) is 3.14. The average molecular weight is 405 g/mol. The summed E-state index contributed by atoms with van der Waals surface area (Å²) in [4.78, 5) is 50.1. The Kier molecular flexibility index (Phi) is 4.55. The van der Waals surface area contributed by atoms with Crippen LogP contribution in [0.5, 0.6) is 5.75 Å². The van der Waals surface area contributed by atoms with E-state index in [1.165, 1.54) is 30.5 Å². The van der Waals surface area contributed by atoms with Crippen LogP contribution in [0.1, 0.15) is 47.2 Å². The van der Waals surface area contributed by atoms with Gasteiger partial charge >= 0.3 is 5.97 Å². The lowest BCUT2D eigenvalue weighted by Gasteiger charge is -2.12. The van der Waals surface area contributed by atoms with Gasteiger partial charge in [0, 0.05) is 5.56 Å². The monoisotopic (exact) mass is 405 g/mol. The average Bonchev–Trinajstić information content (AvgIpc) is 3.32. The predicted octanol–water partition coefficient (Wildman–Crippen LogP) is 2.10. The summed E-state index contributed by atoms with van der Waals surface area (Å²) in [6, 6.07) is 10.5. The number of anilines is 1. The van der Waals surface area contributed by atoms with Crippen LogP contribution in [0.4, 0.5) is 5.69 Å². The van der Waals surface area contributed by atoms with E-state index in [9.17, 15) is 29.4 Å². The Morgan fingerprint density at radius 2 is 1.80 bits per heavy atom. The first kappa shape index (κ1) is 18.9. The van der Waals surface area contributed by atoms with E-state index in [-0.39, 0.29) is 34.5 Å². The number of furan rings is 1. The number of nitrogens with one attached hydrogen (secondary N) is 1. The molecule has 0 saturated heterocycles. The van der Waals surface area contributed by atoms with Gasteiger partial charge in [-0.25, -0.2) is 4.79 Å². The second-order valence-electron chi connectivity index (χ2n) is 6.50. The lowest BCUT2D eigenvalue weighted by atomic mass is 10.0. The molecule has 0 saturated carbocycles. The topological polar surface area (TPSA) is 140 Å². The summed E-state index contributed by atoms with van der Waals surface area (Å²) in [7, 11) is 0. The van der Waals surface area contributed by atoms with Crippen LogP contribution in [-0.2, 0) is 6.54 Å². The molecular weight excluding hydrogens is 392 g/mol. The van der Waals surface area contributed by atoms with Crippen molar-refractivity contribution < 1.29 is 33.8 Å². The fourth-order valence-electron chi connectivity index (χ4n) is 3.14. The zero-order chi connectivity index (χ0) is 21.4. The van der Waals surface area contributed by atoms with Crippen LogP contribution >= 0.6 is 0 Å². The molecule has 3 amide bonds. The van der Waals surface area contributed by atoms with E-state index in [0.29, 0.717) is 5.76 Å². The number of hydrogen-bond acceptors (Lipinski definition) is 6. The molecule has 9 nitrogen and oxygen atoms in total. The molecule has 2 aromatic carbocycles. The van der Waals surface area contributed by atoms with Gasteiger partial charge in [0.15, 0.2) is 0 Å². The van der Waals surface area contributed by atoms with Gasteiger partial charge in [0.25, 0.3) is 17.7 Å². The molecular formula is C21H13N2O7-. The molecule has 0 fully saturated rings. The van der Waals surface area contributed by atoms with E-state index >= 15 is 0 Å². The van der Waals surface area contributed by atoms with E-state index < -0.39 is 29.4 Å². The van der Waals surface area contributed by atoms with Gasteiger partial charge in [-0.05, 0) is 36.4 Å². The summed E-state index contributed by atoms with van der Waals surface area (Å²) < 4.78 is 5.18. The van der Waals surface area contributed by atoms with Gasteiger partial charge in [-0.3, -0.25) is 19.3 Å². The van der Waals surface area contributed by atoms with Crippen LogP contribution in [0, 0.1) is 0 Å². The molecule has 1 aliphatic heterocycles. The number of carboxylic acid groups (broad SMARTS) is 1. The maximum absolute atomic E-state index is 12.7. The van der Waals surface area contributed by atoms with E-state index in [0.717, 1.165) is 17.0 Å². The third-order valence-corrected chi connectivity index (χ3v) is 4.60. The van der Waals surface area contributed by atoms with Crippen LogP contribution in [0.15, 0.2) is 59.2 Å². The number of amides is 3. The molecule has 2 heterocycles. The number of aromatic carboxylic acids is 1. The van der Waals surface area contributed by atoms with Gasteiger partial charge in [0.1, 0.15) is 5.76 Å². The second-order valence-corrected chi connectivity index (χ2v) is 6.50. The first-order chi connectivity index (χ1) is 14.3. The minimum Gasteiger partial charge on any atom is -0.872 e. The highest BCUT2D eigenvalue weighted by Crippen LogP contribution is 2.27. The Balaban J connectivity index is 1.59. The number of nitrogens with zero attached hydrogens (tertiary/aromatic N) is 1. The molecule has 3 aromatic rings. The molecule has 0 aliphatic carbocycles. The molecule has 4 rings (SSSR count). The molecule has 9 heteroatoms. The van der Waals surface area contributed by atoms with Crippen LogP contribution in [0.25, 0.3) is 0 Å². The first-order valence-corrected chi connectivity index (χ1v) is 8.73. The summed E-state index contributed by atoms with van der Waals surface area (Å²) in [5.74, 6) is -3.20. The van der Waals surface area contributed by atoms with Gasteiger partial charge in [0.05, 0.1) is 35.2 Å². The van der Waals surface area contributed by atoms with Crippen LogP contribution < -0.4 is 10.4 Å². The summed E-state index contributed by atoms with van der Waals surface area (Å²) in [5, 5.41) is 23.0. The largest absolute Gasteiger partial charge is 0.872 e. The highest BCUT2D eigenvalue weighted by atomic mass is 16.4. The smallest absolute Gasteiger partial charge is 0.337 e. The molecule has 0 bridgehead atoms. The molecule has 2 N–H and O–H groups in total. The molecule has 30 heavy (non-hydrogen) atoms. The first-order valence-electron chi connectivity index (χ1n) is 8.73. The highest BCUT2D eigenvalue weighted by Gasteiger charge is 2.36. The van der Waals surface area contributed by atoms with Crippen molar-refractivity contribution in [2.75, 3.05) is 5.32 Å². The molecule has 0 unspecified atom stereocenters. The number of fused-ring (bicyclic) bond motifs is 1. The van der Waals surface area contributed by atoms with E-state index in [1.807, 2.05) is 0 Å². The lowest BCUT2D eigenvalue weighted by molar-refractivity contribution is -0.268. The number of carbonyl (C=O) groups excluding carboxylic acids is 3. The summed E-state index contributed by atoms with van der Waals surface area (Å²) in [6.07, 6.45) is 1.43. The number of benzene rings is 2. The fraction of sp³-hybridized carbons (Fsp3) is 0.0476. The highest BCUT2D eigenvalue weighted by molar-refractivity contribution is 6.22. The minimum absolute atomic E-state index is 0.0373. The predicted molar refractivity (Wildman–Crippen MR) is 100 cm³/mol. The van der Waals surface area contributed by atoms with Gasteiger partial charge in [-0.15, -0.1) is 5.75 Å². The third kappa shape index (κ3) is 3.28. The number of rotatable bonds is 5. The van der Waals surface area contributed by atoms with E-state index in [2.05, 4.69) is 5.32 Å². The molecule has 150 valence electrons. The maximum Gasteiger partial charge on any atom is 0.337 e. The van der Waals surface area contributed by atoms with Gasteiger partial charge < -0.3 is 19.9 Å². The van der Waals surface area contributed by atoms with Gasteiger partial charge in [-0.1, -0.05) is 12.1 Å². The number of carbonyl (C=O) groups is 4. The van der Waals surface area contributed by atoms with Crippen molar-refractivity contribution in [1.82, 2.24) is 4.90 Å². The van der Waals surface area contributed by atoms with Crippen molar-refractivity contribution in [3.05, 3.63) is 82.8 Å². The zero-order valence-corrected chi connectivity index (χ0v) is 15.2. The van der Waals surface area contributed by atoms with Crippen LogP contribution in [0.3, 0.4) is 0 Å². The molecule has 0 spiro atoms. The van der Waals surface area contributed by atoms with Gasteiger partial charge in [-0.2, -0.15) is 0 Å². The minimum atomic E-state index is -1.37. The summed E-state index contributed by atoms with van der Waals surface area (Å²) in [5.41, 5.74) is -0.141. The van der Waals surface area contributed by atoms with E-state index in [1.54, 1.807) is 12.1 Å². The van der Waals surface area contributed by atoms with Gasteiger partial charge in [0.2, 0.25) is 0 Å². The molecule has 1 aromatic heterocycles.